The van der Waals surface area contributed by atoms with Crippen molar-refractivity contribution in [1.82, 2.24) is 9.97 Å². The Hall–Kier alpha value is -1.69. The summed E-state index contributed by atoms with van der Waals surface area (Å²) in [6.07, 6.45) is 3.97. The van der Waals surface area contributed by atoms with Crippen molar-refractivity contribution in [3.8, 4) is 0 Å². The summed E-state index contributed by atoms with van der Waals surface area (Å²) in [5.41, 5.74) is 1.21. The molecule has 0 bridgehead atoms. The van der Waals surface area contributed by atoms with Crippen LogP contribution in [-0.4, -0.2) is 33.6 Å². The highest BCUT2D eigenvalue weighted by Gasteiger charge is 2.32. The molecule has 2 aromatic heterocycles. The molecule has 0 aliphatic heterocycles. The summed E-state index contributed by atoms with van der Waals surface area (Å²) < 4.78 is 0. The van der Waals surface area contributed by atoms with Crippen molar-refractivity contribution in [2.24, 2.45) is 0 Å². The zero-order valence-electron chi connectivity index (χ0n) is 11.6. The van der Waals surface area contributed by atoms with Crippen LogP contribution in [0.4, 0.5) is 5.82 Å². The van der Waals surface area contributed by atoms with E-state index >= 15 is 0 Å². The van der Waals surface area contributed by atoms with E-state index < -0.39 is 5.97 Å². The summed E-state index contributed by atoms with van der Waals surface area (Å²) in [7, 11) is 0. The van der Waals surface area contributed by atoms with Gasteiger partial charge in [0.2, 0.25) is 0 Å². The van der Waals surface area contributed by atoms with Gasteiger partial charge in [0.15, 0.2) is 0 Å². The average molecular weight is 291 g/mol. The monoisotopic (exact) mass is 291 g/mol. The maximum absolute atomic E-state index is 10.9. The number of nitrogens with zero attached hydrogens (tertiary/aromatic N) is 3. The van der Waals surface area contributed by atoms with E-state index in [1.807, 2.05) is 0 Å². The predicted octanol–water partition coefficient (Wildman–Crippen LogP) is 2.75. The number of hydrogen-bond acceptors (Lipinski definition) is 5. The van der Waals surface area contributed by atoms with Gasteiger partial charge in [0.25, 0.3) is 0 Å². The van der Waals surface area contributed by atoms with Crippen molar-refractivity contribution in [2.75, 3.05) is 11.4 Å². The van der Waals surface area contributed by atoms with Gasteiger partial charge in [0, 0.05) is 17.5 Å². The molecule has 0 atom stereocenters. The van der Waals surface area contributed by atoms with Gasteiger partial charge in [-0.05, 0) is 32.3 Å². The second-order valence-corrected chi connectivity index (χ2v) is 6.43. The molecule has 0 unspecified atom stereocenters. The van der Waals surface area contributed by atoms with E-state index in [9.17, 15) is 4.79 Å². The molecule has 1 aliphatic carbocycles. The minimum atomic E-state index is -0.765. The van der Waals surface area contributed by atoms with E-state index in [1.165, 1.54) is 10.4 Å². The van der Waals surface area contributed by atoms with Crippen LogP contribution in [-0.2, 0) is 4.79 Å². The molecule has 20 heavy (non-hydrogen) atoms. The van der Waals surface area contributed by atoms with Crippen LogP contribution in [0.25, 0.3) is 10.2 Å². The van der Waals surface area contributed by atoms with Crippen LogP contribution in [0.2, 0.25) is 0 Å². The zero-order chi connectivity index (χ0) is 14.3. The molecule has 6 heteroatoms. The Kier molecular flexibility index (Phi) is 3.33. The largest absolute Gasteiger partial charge is 0.481 e. The molecule has 2 heterocycles. The van der Waals surface area contributed by atoms with Gasteiger partial charge in [-0.3, -0.25) is 4.79 Å². The van der Waals surface area contributed by atoms with Gasteiger partial charge < -0.3 is 10.0 Å². The molecule has 0 spiro atoms. The van der Waals surface area contributed by atoms with Gasteiger partial charge in [-0.25, -0.2) is 9.97 Å². The topological polar surface area (TPSA) is 66.3 Å². The molecule has 1 N–H and O–H groups in total. The van der Waals surface area contributed by atoms with Gasteiger partial charge in [-0.2, -0.15) is 0 Å². The quantitative estimate of drug-likeness (QED) is 0.917. The summed E-state index contributed by atoms with van der Waals surface area (Å²) >= 11 is 1.67. The number of aliphatic carboxylic acids is 1. The van der Waals surface area contributed by atoms with Crippen LogP contribution in [0.5, 0.6) is 0 Å². The number of fused-ring (bicyclic) bond motifs is 1. The number of rotatable bonds is 5. The molecule has 1 fully saturated rings. The van der Waals surface area contributed by atoms with Gasteiger partial charge in [-0.15, -0.1) is 11.3 Å². The minimum Gasteiger partial charge on any atom is -0.481 e. The average Bonchev–Trinajstić information content (AvgIpc) is 3.18. The van der Waals surface area contributed by atoms with Crippen LogP contribution < -0.4 is 4.90 Å². The number of carbonyl (C=O) groups is 1. The fourth-order valence-corrected chi connectivity index (χ4v) is 3.44. The predicted molar refractivity (Wildman–Crippen MR) is 79.5 cm³/mol. The van der Waals surface area contributed by atoms with Gasteiger partial charge in [0.05, 0.1) is 11.8 Å². The lowest BCUT2D eigenvalue weighted by Crippen LogP contribution is -2.29. The lowest BCUT2D eigenvalue weighted by Gasteiger charge is -2.23. The van der Waals surface area contributed by atoms with Crippen molar-refractivity contribution in [3.63, 3.8) is 0 Å². The molecule has 0 radical (unpaired) electrons. The number of hydrogen-bond donors (Lipinski definition) is 1. The van der Waals surface area contributed by atoms with Crippen LogP contribution in [0, 0.1) is 13.8 Å². The number of aromatic nitrogens is 2. The van der Waals surface area contributed by atoms with Crippen molar-refractivity contribution in [2.45, 2.75) is 39.2 Å². The minimum absolute atomic E-state index is 0.143. The first-order chi connectivity index (χ1) is 9.58. The maximum atomic E-state index is 10.9. The van der Waals surface area contributed by atoms with Crippen molar-refractivity contribution >= 4 is 33.3 Å². The normalized spacial score (nSPS) is 14.7. The molecule has 1 saturated carbocycles. The van der Waals surface area contributed by atoms with Crippen LogP contribution in [0.15, 0.2) is 6.33 Å². The first kappa shape index (κ1) is 13.3. The van der Waals surface area contributed by atoms with E-state index in [1.54, 1.807) is 17.7 Å². The summed E-state index contributed by atoms with van der Waals surface area (Å²) in [5, 5.41) is 10.0. The first-order valence-corrected chi connectivity index (χ1v) is 7.58. The third-order valence-corrected chi connectivity index (χ3v) is 4.89. The Labute approximate surface area is 121 Å². The van der Waals surface area contributed by atoms with E-state index in [4.69, 9.17) is 5.11 Å². The number of anilines is 1. The Morgan fingerprint density at radius 3 is 2.85 bits per heavy atom. The number of thiophene rings is 1. The third kappa shape index (κ3) is 2.35. The van der Waals surface area contributed by atoms with Crippen LogP contribution in [0.3, 0.4) is 0 Å². The first-order valence-electron chi connectivity index (χ1n) is 6.77. The van der Waals surface area contributed by atoms with E-state index in [-0.39, 0.29) is 6.42 Å². The van der Waals surface area contributed by atoms with Crippen molar-refractivity contribution < 1.29 is 9.90 Å². The summed E-state index contributed by atoms with van der Waals surface area (Å²) in [6, 6.07) is 0.437. The molecule has 0 saturated heterocycles. The van der Waals surface area contributed by atoms with Gasteiger partial charge >= 0.3 is 5.97 Å². The third-order valence-electron chi connectivity index (χ3n) is 3.77. The van der Waals surface area contributed by atoms with E-state index in [0.29, 0.717) is 12.6 Å². The smallest absolute Gasteiger partial charge is 0.305 e. The highest BCUT2D eigenvalue weighted by atomic mass is 32.1. The lowest BCUT2D eigenvalue weighted by atomic mass is 10.2. The molecule has 0 amide bonds. The Bertz CT molecular complexity index is 664. The van der Waals surface area contributed by atoms with Gasteiger partial charge in [0.1, 0.15) is 17.0 Å². The lowest BCUT2D eigenvalue weighted by molar-refractivity contribution is -0.136. The molecular weight excluding hydrogens is 274 g/mol. The van der Waals surface area contributed by atoms with E-state index in [2.05, 4.69) is 28.7 Å². The maximum Gasteiger partial charge on any atom is 0.305 e. The molecule has 106 valence electrons. The Morgan fingerprint density at radius 2 is 2.20 bits per heavy atom. The molecule has 2 aromatic rings. The number of carboxylic acids is 1. The van der Waals surface area contributed by atoms with Crippen LogP contribution >= 0.6 is 11.3 Å². The summed E-state index contributed by atoms with van der Waals surface area (Å²) in [4.78, 5) is 24.0. The second-order valence-electron chi connectivity index (χ2n) is 5.23. The fourth-order valence-electron chi connectivity index (χ4n) is 2.45. The van der Waals surface area contributed by atoms with Crippen molar-refractivity contribution in [3.05, 3.63) is 16.8 Å². The van der Waals surface area contributed by atoms with E-state index in [0.717, 1.165) is 28.9 Å². The van der Waals surface area contributed by atoms with Gasteiger partial charge in [-0.1, -0.05) is 0 Å². The molecule has 0 aromatic carbocycles. The Balaban J connectivity index is 2.04. The molecular formula is C14H17N3O2S. The highest BCUT2D eigenvalue weighted by molar-refractivity contribution is 7.18. The van der Waals surface area contributed by atoms with Crippen molar-refractivity contribution in [1.29, 1.82) is 0 Å². The highest BCUT2D eigenvalue weighted by Crippen LogP contribution is 2.38. The standard InChI is InChI=1S/C14H17N3O2S/c1-8-9(2)20-14-12(8)13(15-7-16-14)17(10-3-4-10)6-5-11(18)19/h7,10H,3-6H2,1-2H3,(H,18,19). The Morgan fingerprint density at radius 1 is 1.45 bits per heavy atom. The number of carboxylic acid groups (broad SMARTS) is 1. The summed E-state index contributed by atoms with van der Waals surface area (Å²) in [5.74, 6) is 0.139. The fraction of sp³-hybridized carbons (Fsp3) is 0.500. The zero-order valence-corrected chi connectivity index (χ0v) is 12.4. The van der Waals surface area contributed by atoms with Crippen LogP contribution in [0.1, 0.15) is 29.7 Å². The second kappa shape index (κ2) is 5.01. The summed E-state index contributed by atoms with van der Waals surface area (Å²) in [6.45, 7) is 4.69. The number of aryl methyl sites for hydroxylation is 2. The SMILES string of the molecule is Cc1sc2ncnc(N(CCC(=O)O)C3CC3)c2c1C. The molecule has 1 aliphatic rings. The molecule has 5 nitrogen and oxygen atoms in total. The molecule has 3 rings (SSSR count).